The Hall–Kier alpha value is -3.15. The lowest BCUT2D eigenvalue weighted by Crippen LogP contribution is -2.63. The lowest BCUT2D eigenvalue weighted by Gasteiger charge is -2.49. The first-order chi connectivity index (χ1) is 16.9. The number of β-amino-alcohol motifs (C(OH)–C–C–N with tert-alkyl or cyclic N) is 1. The predicted molar refractivity (Wildman–Crippen MR) is 133 cm³/mol. The third kappa shape index (κ3) is 7.67. The highest BCUT2D eigenvalue weighted by Crippen LogP contribution is 2.36. The van der Waals surface area contributed by atoms with Crippen LogP contribution >= 0.6 is 11.8 Å². The Morgan fingerprint density at radius 1 is 1.11 bits per heavy atom. The van der Waals surface area contributed by atoms with Gasteiger partial charge in [-0.05, 0) is 42.4 Å². The molecule has 0 unspecified atom stereocenters. The van der Waals surface area contributed by atoms with Gasteiger partial charge in [0.25, 0.3) is 18.9 Å². The molecule has 0 saturated carbocycles. The van der Waals surface area contributed by atoms with Crippen molar-refractivity contribution in [3.05, 3.63) is 70.1 Å². The number of aliphatic hydroxyl groups is 1. The molecule has 2 atom stereocenters. The van der Waals surface area contributed by atoms with E-state index in [0.717, 1.165) is 24.9 Å². The number of nitrogens with zero attached hydrogens (tertiary/aromatic N) is 1. The summed E-state index contributed by atoms with van der Waals surface area (Å²) in [6, 6.07) is 13.1. The number of nitrogens with one attached hydrogen (secondary N) is 2. The SMILES string of the molecule is O=C(N[C@]1(c2ccccc2)CCN(C2CCSCC2)C[C@H]1O)c1cc[nH]c(=O)c1.O=CO.O=CO. The number of amides is 1. The number of carbonyl (C=O) groups is 3. The van der Waals surface area contributed by atoms with Crippen molar-refractivity contribution in [2.24, 2.45) is 0 Å². The molecule has 190 valence electrons. The molecule has 2 fully saturated rings. The van der Waals surface area contributed by atoms with E-state index in [2.05, 4.69) is 15.2 Å². The first kappa shape index (κ1) is 28.1. The second-order valence-electron chi connectivity index (χ2n) is 8.05. The molecule has 2 aromatic rings. The maximum atomic E-state index is 13.0. The van der Waals surface area contributed by atoms with E-state index in [1.165, 1.54) is 23.8 Å². The number of aromatic nitrogens is 1. The Morgan fingerprint density at radius 2 is 1.74 bits per heavy atom. The van der Waals surface area contributed by atoms with E-state index in [4.69, 9.17) is 19.8 Å². The van der Waals surface area contributed by atoms with E-state index in [1.807, 2.05) is 42.1 Å². The van der Waals surface area contributed by atoms with E-state index in [1.54, 1.807) is 6.07 Å². The minimum atomic E-state index is -0.874. The number of aliphatic hydroxyl groups excluding tert-OH is 1. The van der Waals surface area contributed by atoms with Crippen molar-refractivity contribution in [1.29, 1.82) is 0 Å². The number of aromatic amines is 1. The van der Waals surface area contributed by atoms with E-state index in [9.17, 15) is 14.7 Å². The molecule has 2 aliphatic rings. The van der Waals surface area contributed by atoms with Crippen molar-refractivity contribution < 1.29 is 29.7 Å². The molecular weight excluding hydrogens is 474 g/mol. The average molecular weight is 506 g/mol. The Kier molecular flexibility index (Phi) is 11.5. The zero-order valence-electron chi connectivity index (χ0n) is 19.2. The summed E-state index contributed by atoms with van der Waals surface area (Å²) >= 11 is 1.99. The number of piperidine rings is 1. The fraction of sp³-hybridized carbons (Fsp3) is 0.417. The van der Waals surface area contributed by atoms with Gasteiger partial charge in [0.05, 0.1) is 11.6 Å². The maximum Gasteiger partial charge on any atom is 0.290 e. The standard InChI is InChI=1S/C22H27N3O3S.2CH2O2/c26-19-15-25(18-7-12-29-13-8-18)11-9-22(19,17-4-2-1-3-5-17)24-21(28)16-6-10-23-20(27)14-16;2*2-1-3/h1-6,10,14,18-19,26H,7-9,11-13,15H2,(H,23,27)(H,24,28);2*1H,(H,2,3)/t19-,22+;;/m1../s1. The number of carbonyl (C=O) groups excluding carboxylic acids is 1. The van der Waals surface area contributed by atoms with Crippen LogP contribution in [0.5, 0.6) is 0 Å². The third-order valence-electron chi connectivity index (χ3n) is 6.14. The van der Waals surface area contributed by atoms with Crippen LogP contribution in [0.15, 0.2) is 53.5 Å². The van der Waals surface area contributed by atoms with Gasteiger partial charge in [-0.3, -0.25) is 24.1 Å². The van der Waals surface area contributed by atoms with Crippen LogP contribution in [0.1, 0.15) is 35.2 Å². The molecule has 2 aliphatic heterocycles. The summed E-state index contributed by atoms with van der Waals surface area (Å²) in [5.41, 5.74) is -0.00889. The average Bonchev–Trinajstić information content (AvgIpc) is 2.87. The van der Waals surface area contributed by atoms with E-state index >= 15 is 0 Å². The first-order valence-electron chi connectivity index (χ1n) is 11.1. The van der Waals surface area contributed by atoms with Crippen LogP contribution in [0.3, 0.4) is 0 Å². The predicted octanol–water partition coefficient (Wildman–Crippen LogP) is 1.36. The summed E-state index contributed by atoms with van der Waals surface area (Å²) in [7, 11) is 0. The molecule has 11 heteroatoms. The number of benzene rings is 1. The van der Waals surface area contributed by atoms with Crippen LogP contribution < -0.4 is 10.9 Å². The second kappa shape index (κ2) is 14.3. The van der Waals surface area contributed by atoms with Crippen LogP contribution in [0.25, 0.3) is 0 Å². The maximum absolute atomic E-state index is 13.0. The molecule has 5 N–H and O–H groups in total. The Labute approximate surface area is 207 Å². The molecule has 0 radical (unpaired) electrons. The minimum absolute atomic E-state index is 0.250. The summed E-state index contributed by atoms with van der Waals surface area (Å²) in [6.07, 6.45) is 3.65. The van der Waals surface area contributed by atoms with E-state index in [-0.39, 0.29) is 24.4 Å². The number of H-pyrrole nitrogens is 1. The number of pyridine rings is 1. The molecule has 0 spiro atoms. The topological polar surface area (TPSA) is 160 Å². The summed E-state index contributed by atoms with van der Waals surface area (Å²) in [5.74, 6) is 1.99. The summed E-state index contributed by atoms with van der Waals surface area (Å²) < 4.78 is 0. The number of hydrogen-bond acceptors (Lipinski definition) is 7. The Balaban J connectivity index is 0.000000655. The van der Waals surface area contributed by atoms with Gasteiger partial charge in [0.1, 0.15) is 0 Å². The van der Waals surface area contributed by atoms with Gasteiger partial charge in [0.15, 0.2) is 0 Å². The monoisotopic (exact) mass is 505 g/mol. The van der Waals surface area contributed by atoms with Gasteiger partial charge in [0, 0.05) is 37.0 Å². The summed E-state index contributed by atoms with van der Waals surface area (Å²) in [6.45, 7) is 0.844. The molecule has 10 nitrogen and oxygen atoms in total. The van der Waals surface area contributed by atoms with Gasteiger partial charge in [-0.1, -0.05) is 30.3 Å². The quantitative estimate of drug-likeness (QED) is 0.387. The van der Waals surface area contributed by atoms with Gasteiger partial charge in [-0.15, -0.1) is 0 Å². The zero-order chi connectivity index (χ0) is 25.7. The highest BCUT2D eigenvalue weighted by Gasteiger charge is 2.46. The van der Waals surface area contributed by atoms with Gasteiger partial charge in [0.2, 0.25) is 5.56 Å². The Bertz CT molecular complexity index is 992. The molecule has 4 rings (SSSR count). The second-order valence-corrected chi connectivity index (χ2v) is 9.27. The lowest BCUT2D eigenvalue weighted by atomic mass is 9.77. The Morgan fingerprint density at radius 3 is 2.31 bits per heavy atom. The first-order valence-corrected chi connectivity index (χ1v) is 12.3. The van der Waals surface area contributed by atoms with Crippen LogP contribution in [0.4, 0.5) is 0 Å². The highest BCUT2D eigenvalue weighted by atomic mass is 32.2. The molecule has 1 amide bonds. The lowest BCUT2D eigenvalue weighted by molar-refractivity contribution is -0.123. The number of likely N-dealkylation sites (tertiary alicyclic amines) is 1. The molecule has 0 aliphatic carbocycles. The van der Waals surface area contributed by atoms with Crippen LogP contribution in [-0.2, 0) is 15.1 Å². The smallest absolute Gasteiger partial charge is 0.290 e. The van der Waals surface area contributed by atoms with Crippen molar-refractivity contribution in [2.75, 3.05) is 24.6 Å². The number of thioether (sulfide) groups is 1. The van der Waals surface area contributed by atoms with Crippen molar-refractivity contribution in [3.8, 4) is 0 Å². The minimum Gasteiger partial charge on any atom is -0.483 e. The fourth-order valence-corrected chi connectivity index (χ4v) is 5.57. The molecule has 1 aromatic heterocycles. The van der Waals surface area contributed by atoms with Gasteiger partial charge >= 0.3 is 0 Å². The summed E-state index contributed by atoms with van der Waals surface area (Å²) in [5, 5.41) is 28.2. The number of rotatable bonds is 4. The van der Waals surface area contributed by atoms with E-state index < -0.39 is 11.6 Å². The molecule has 35 heavy (non-hydrogen) atoms. The molecule has 3 heterocycles. The molecule has 0 bridgehead atoms. The van der Waals surface area contributed by atoms with Crippen molar-refractivity contribution in [3.63, 3.8) is 0 Å². The fourth-order valence-electron chi connectivity index (χ4n) is 4.49. The van der Waals surface area contributed by atoms with Crippen LogP contribution in [0, 0.1) is 0 Å². The van der Waals surface area contributed by atoms with Gasteiger partial charge in [-0.2, -0.15) is 11.8 Å². The zero-order valence-corrected chi connectivity index (χ0v) is 20.0. The molecule has 2 saturated heterocycles. The third-order valence-corrected chi connectivity index (χ3v) is 7.19. The molecule has 1 aromatic carbocycles. The van der Waals surface area contributed by atoms with E-state index in [0.29, 0.717) is 24.6 Å². The summed E-state index contributed by atoms with van der Waals surface area (Å²) in [4.78, 5) is 46.2. The van der Waals surface area contributed by atoms with Crippen molar-refractivity contribution in [2.45, 2.75) is 36.9 Å². The highest BCUT2D eigenvalue weighted by molar-refractivity contribution is 7.99. The van der Waals surface area contributed by atoms with Crippen LogP contribution in [0.2, 0.25) is 0 Å². The van der Waals surface area contributed by atoms with Crippen LogP contribution in [-0.4, -0.2) is 80.8 Å². The van der Waals surface area contributed by atoms with Crippen molar-refractivity contribution in [1.82, 2.24) is 15.2 Å². The largest absolute Gasteiger partial charge is 0.483 e. The van der Waals surface area contributed by atoms with Gasteiger partial charge < -0.3 is 25.6 Å². The number of hydrogen-bond donors (Lipinski definition) is 5. The number of carboxylic acid groups (broad SMARTS) is 2. The normalized spacial score (nSPS) is 22.4. The van der Waals surface area contributed by atoms with Crippen molar-refractivity contribution >= 4 is 30.6 Å². The molecular formula is C24H31N3O7S. The van der Waals surface area contributed by atoms with Gasteiger partial charge in [-0.25, -0.2) is 0 Å².